The van der Waals surface area contributed by atoms with Gasteiger partial charge in [0.2, 0.25) is 5.89 Å². The summed E-state index contributed by atoms with van der Waals surface area (Å²) in [6.07, 6.45) is 0. The van der Waals surface area contributed by atoms with Gasteiger partial charge < -0.3 is 9.73 Å². The number of hydrogen-bond donors (Lipinski definition) is 1. The number of benzene rings is 3. The van der Waals surface area contributed by atoms with Crippen LogP contribution >= 0.6 is 27.7 Å². The average Bonchev–Trinajstić information content (AvgIpc) is 3.16. The van der Waals surface area contributed by atoms with Gasteiger partial charge in [0.05, 0.1) is 5.69 Å². The lowest BCUT2D eigenvalue weighted by Crippen LogP contribution is -2.11. The van der Waals surface area contributed by atoms with Gasteiger partial charge in [0, 0.05) is 31.9 Å². The molecular weight excluding hydrogens is 472 g/mol. The normalized spacial score (nSPS) is 10.8. The molecule has 0 aliphatic heterocycles. The summed E-state index contributed by atoms with van der Waals surface area (Å²) in [5.74, 6) is 1.96. The molecule has 0 radical (unpaired) electrons. The van der Waals surface area contributed by atoms with E-state index in [0.29, 0.717) is 11.5 Å². The molecule has 4 aromatic rings. The smallest absolute Gasteiger partial charge is 0.255 e. The number of anilines is 1. The molecule has 1 amide bonds. The number of thioether (sulfide) groups is 1. The molecule has 0 atom stereocenters. The van der Waals surface area contributed by atoms with Gasteiger partial charge in [-0.25, -0.2) is 4.98 Å². The fraction of sp³-hybridized carbons (Fsp3) is 0.120. The van der Waals surface area contributed by atoms with Crippen molar-refractivity contribution in [1.29, 1.82) is 0 Å². The molecule has 0 aliphatic carbocycles. The average molecular weight is 493 g/mol. The van der Waals surface area contributed by atoms with Crippen LogP contribution in [0.5, 0.6) is 0 Å². The first-order valence-corrected chi connectivity index (χ1v) is 11.6. The van der Waals surface area contributed by atoms with Crippen LogP contribution in [-0.2, 0) is 5.75 Å². The van der Waals surface area contributed by atoms with E-state index in [1.165, 1.54) is 4.90 Å². The molecule has 1 aromatic heterocycles. The Morgan fingerprint density at radius 2 is 1.77 bits per heavy atom. The van der Waals surface area contributed by atoms with Gasteiger partial charge in [0.1, 0.15) is 5.76 Å². The van der Waals surface area contributed by atoms with Crippen LogP contribution in [0.1, 0.15) is 27.4 Å². The third kappa shape index (κ3) is 5.27. The van der Waals surface area contributed by atoms with Gasteiger partial charge in [0.25, 0.3) is 5.91 Å². The summed E-state index contributed by atoms with van der Waals surface area (Å²) in [7, 11) is 0. The number of oxazole rings is 1. The molecule has 0 saturated heterocycles. The molecule has 1 N–H and O–H groups in total. The maximum Gasteiger partial charge on any atom is 0.255 e. The van der Waals surface area contributed by atoms with Crippen LogP contribution in [0.25, 0.3) is 11.5 Å². The highest BCUT2D eigenvalue weighted by atomic mass is 79.9. The van der Waals surface area contributed by atoms with Crippen molar-refractivity contribution in [1.82, 2.24) is 4.98 Å². The summed E-state index contributed by atoms with van der Waals surface area (Å²) >= 11 is 5.20. The molecule has 1 heterocycles. The van der Waals surface area contributed by atoms with Crippen molar-refractivity contribution in [3.8, 4) is 11.5 Å². The molecule has 0 fully saturated rings. The molecule has 0 aliphatic rings. The van der Waals surface area contributed by atoms with Gasteiger partial charge in [-0.3, -0.25) is 4.79 Å². The van der Waals surface area contributed by atoms with Gasteiger partial charge in [-0.05, 0) is 74.0 Å². The van der Waals surface area contributed by atoms with Crippen molar-refractivity contribution in [3.63, 3.8) is 0 Å². The number of carbonyl (C=O) groups excluding carboxylic acids is 1. The summed E-state index contributed by atoms with van der Waals surface area (Å²) in [6, 6.07) is 23.2. The van der Waals surface area contributed by atoms with E-state index in [4.69, 9.17) is 4.42 Å². The summed E-state index contributed by atoms with van der Waals surface area (Å²) < 4.78 is 6.89. The van der Waals surface area contributed by atoms with Crippen LogP contribution < -0.4 is 5.32 Å². The van der Waals surface area contributed by atoms with E-state index in [-0.39, 0.29) is 5.91 Å². The summed E-state index contributed by atoms with van der Waals surface area (Å²) in [5.41, 5.74) is 4.17. The van der Waals surface area contributed by atoms with Crippen LogP contribution in [0.4, 0.5) is 5.69 Å². The monoisotopic (exact) mass is 492 g/mol. The number of nitrogens with one attached hydrogen (secondary N) is 1. The molecule has 4 nitrogen and oxygen atoms in total. The van der Waals surface area contributed by atoms with Gasteiger partial charge in [0.15, 0.2) is 0 Å². The maximum atomic E-state index is 12.6. The van der Waals surface area contributed by atoms with Crippen LogP contribution in [0, 0.1) is 13.8 Å². The topological polar surface area (TPSA) is 55.1 Å². The molecule has 0 spiro atoms. The Morgan fingerprint density at radius 3 is 2.48 bits per heavy atom. The van der Waals surface area contributed by atoms with Gasteiger partial charge in [-0.15, -0.1) is 11.8 Å². The van der Waals surface area contributed by atoms with Crippen LogP contribution in [0.3, 0.4) is 0 Å². The number of hydrogen-bond acceptors (Lipinski definition) is 4. The highest BCUT2D eigenvalue weighted by Gasteiger charge is 2.13. The molecule has 156 valence electrons. The first kappa shape index (κ1) is 21.4. The molecule has 0 bridgehead atoms. The lowest BCUT2D eigenvalue weighted by molar-refractivity contribution is 0.102. The lowest BCUT2D eigenvalue weighted by Gasteiger charge is -2.07. The Hall–Kier alpha value is -2.83. The highest BCUT2D eigenvalue weighted by Crippen LogP contribution is 2.28. The maximum absolute atomic E-state index is 12.6. The third-order valence-electron chi connectivity index (χ3n) is 4.82. The number of aryl methyl sites for hydroxylation is 2. The number of carbonyl (C=O) groups is 1. The third-order valence-corrected chi connectivity index (χ3v) is 6.73. The molecule has 3 aromatic carbocycles. The van der Waals surface area contributed by atoms with Crippen LogP contribution in [0.2, 0.25) is 0 Å². The predicted molar refractivity (Wildman–Crippen MR) is 130 cm³/mol. The van der Waals surface area contributed by atoms with Crippen molar-refractivity contribution in [3.05, 3.63) is 99.9 Å². The fourth-order valence-corrected chi connectivity index (χ4v) is 4.21. The second-order valence-corrected chi connectivity index (χ2v) is 9.02. The van der Waals surface area contributed by atoms with Crippen molar-refractivity contribution in [2.24, 2.45) is 0 Å². The highest BCUT2D eigenvalue weighted by molar-refractivity contribution is 9.10. The van der Waals surface area contributed by atoms with Crippen molar-refractivity contribution < 1.29 is 9.21 Å². The van der Waals surface area contributed by atoms with E-state index in [9.17, 15) is 4.79 Å². The van der Waals surface area contributed by atoms with Crippen LogP contribution in [0.15, 0.2) is 86.6 Å². The standard InChI is InChI=1S/C25H21BrN2O2S/c1-16-14-20(12-13-22(16)26)27-24(29)18-8-10-19(11-9-18)25-28-23(17(2)30-25)15-31-21-6-4-3-5-7-21/h3-14H,15H2,1-2H3,(H,27,29). The summed E-state index contributed by atoms with van der Waals surface area (Å²) in [6.45, 7) is 3.92. The van der Waals surface area contributed by atoms with Gasteiger partial charge >= 0.3 is 0 Å². The molecule has 6 heteroatoms. The zero-order valence-electron chi connectivity index (χ0n) is 17.2. The Labute approximate surface area is 194 Å². The van der Waals surface area contributed by atoms with E-state index >= 15 is 0 Å². The predicted octanol–water partition coefficient (Wildman–Crippen LogP) is 7.27. The van der Waals surface area contributed by atoms with Crippen molar-refractivity contribution in [2.45, 2.75) is 24.5 Å². The summed E-state index contributed by atoms with van der Waals surface area (Å²) in [4.78, 5) is 18.4. The number of nitrogens with zero attached hydrogens (tertiary/aromatic N) is 1. The second kappa shape index (κ2) is 9.54. The van der Waals surface area contributed by atoms with Gasteiger partial charge in [-0.2, -0.15) is 0 Å². The molecule has 4 rings (SSSR count). The zero-order valence-corrected chi connectivity index (χ0v) is 19.6. The number of aromatic nitrogens is 1. The first-order valence-electron chi connectivity index (χ1n) is 9.82. The zero-order chi connectivity index (χ0) is 21.8. The Kier molecular flexibility index (Phi) is 6.59. The minimum Gasteiger partial charge on any atom is -0.441 e. The van der Waals surface area contributed by atoms with Crippen LogP contribution in [-0.4, -0.2) is 10.9 Å². The van der Waals surface area contributed by atoms with Gasteiger partial charge in [-0.1, -0.05) is 34.1 Å². The Bertz CT molecular complexity index is 1200. The Morgan fingerprint density at radius 1 is 1.03 bits per heavy atom. The minimum atomic E-state index is -0.156. The lowest BCUT2D eigenvalue weighted by atomic mass is 10.1. The second-order valence-electron chi connectivity index (χ2n) is 7.12. The summed E-state index contributed by atoms with van der Waals surface area (Å²) in [5, 5.41) is 2.93. The number of halogens is 1. The van der Waals surface area contributed by atoms with E-state index in [1.54, 1.807) is 23.9 Å². The largest absolute Gasteiger partial charge is 0.441 e. The van der Waals surface area contributed by atoms with E-state index in [0.717, 1.165) is 38.5 Å². The minimum absolute atomic E-state index is 0.156. The Balaban J connectivity index is 1.44. The SMILES string of the molecule is Cc1cc(NC(=O)c2ccc(-c3nc(CSc4ccccc4)c(C)o3)cc2)ccc1Br. The van der Waals surface area contributed by atoms with E-state index in [1.807, 2.05) is 62.4 Å². The fourth-order valence-electron chi connectivity index (χ4n) is 3.04. The first-order chi connectivity index (χ1) is 15.0. The van der Waals surface area contributed by atoms with Crippen molar-refractivity contribution in [2.75, 3.05) is 5.32 Å². The molecule has 31 heavy (non-hydrogen) atoms. The number of rotatable bonds is 6. The van der Waals surface area contributed by atoms with Crippen molar-refractivity contribution >= 4 is 39.3 Å². The molecule has 0 unspecified atom stereocenters. The molecular formula is C25H21BrN2O2S. The quantitative estimate of drug-likeness (QED) is 0.287. The number of amides is 1. The van der Waals surface area contributed by atoms with E-state index < -0.39 is 0 Å². The van der Waals surface area contributed by atoms with E-state index in [2.05, 4.69) is 38.4 Å². The molecule has 0 saturated carbocycles.